The fraction of sp³-hybridized carbons (Fsp3) is 0.733. The summed E-state index contributed by atoms with van der Waals surface area (Å²) in [5.74, 6) is 0.441. The summed E-state index contributed by atoms with van der Waals surface area (Å²) in [6.07, 6.45) is 5.20. The molecule has 1 aromatic rings. The lowest BCUT2D eigenvalue weighted by atomic mass is 9.86. The fourth-order valence-electron chi connectivity index (χ4n) is 3.07. The molecule has 1 N–H and O–H groups in total. The number of carbonyl (C=O) groups is 1. The Morgan fingerprint density at radius 3 is 2.83 bits per heavy atom. The van der Waals surface area contributed by atoms with Gasteiger partial charge in [0, 0.05) is 39.4 Å². The van der Waals surface area contributed by atoms with Gasteiger partial charge in [0.05, 0.1) is 6.10 Å². The van der Waals surface area contributed by atoms with E-state index in [1.54, 1.807) is 23.4 Å². The van der Waals surface area contributed by atoms with Crippen molar-refractivity contribution in [1.82, 2.24) is 14.5 Å². The first-order valence-corrected chi connectivity index (χ1v) is 7.98. The van der Waals surface area contributed by atoms with Crippen LogP contribution in [0.25, 0.3) is 0 Å². The molecule has 1 saturated carbocycles. The summed E-state index contributed by atoms with van der Waals surface area (Å²) in [5.41, 5.74) is 0. The topological polar surface area (TPSA) is 102 Å². The van der Waals surface area contributed by atoms with Crippen LogP contribution in [-0.2, 0) is 11.3 Å². The third-order valence-electron chi connectivity index (χ3n) is 4.52. The van der Waals surface area contributed by atoms with Crippen molar-refractivity contribution in [2.75, 3.05) is 13.6 Å². The lowest BCUT2D eigenvalue weighted by Gasteiger charge is -2.31. The van der Waals surface area contributed by atoms with Crippen LogP contribution >= 0.6 is 0 Å². The van der Waals surface area contributed by atoms with E-state index in [2.05, 4.69) is 4.98 Å². The molecule has 1 aliphatic carbocycles. The van der Waals surface area contributed by atoms with E-state index >= 15 is 0 Å². The molecule has 8 nitrogen and oxygen atoms in total. The minimum absolute atomic E-state index is 0.0291. The number of aliphatic hydroxyl groups excluding tert-OH is 1. The molecule has 2 rings (SSSR count). The molecule has 8 heteroatoms. The number of nitrogens with zero attached hydrogens (tertiary/aromatic N) is 4. The van der Waals surface area contributed by atoms with Crippen LogP contribution in [0.1, 0.15) is 37.9 Å². The molecule has 0 saturated heterocycles. The van der Waals surface area contributed by atoms with Crippen LogP contribution in [0.2, 0.25) is 0 Å². The molecule has 1 aromatic heterocycles. The molecule has 0 bridgehead atoms. The maximum absolute atomic E-state index is 12.2. The van der Waals surface area contributed by atoms with E-state index in [-0.39, 0.29) is 30.2 Å². The number of amides is 1. The Hall–Kier alpha value is -1.96. The molecule has 0 spiro atoms. The van der Waals surface area contributed by atoms with Crippen molar-refractivity contribution in [2.45, 2.75) is 51.7 Å². The van der Waals surface area contributed by atoms with Crippen molar-refractivity contribution in [3.05, 3.63) is 22.1 Å². The van der Waals surface area contributed by atoms with Gasteiger partial charge in [-0.1, -0.05) is 12.8 Å². The summed E-state index contributed by atoms with van der Waals surface area (Å²) in [6.45, 7) is 2.60. The maximum Gasteiger partial charge on any atom is 0.381 e. The smallest absolute Gasteiger partial charge is 0.381 e. The van der Waals surface area contributed by atoms with Crippen LogP contribution in [0, 0.1) is 23.0 Å². The second-order valence-corrected chi connectivity index (χ2v) is 6.23. The molecule has 128 valence electrons. The number of aryl methyl sites for hydroxylation is 2. The van der Waals surface area contributed by atoms with Crippen LogP contribution in [0.15, 0.2) is 6.20 Å². The van der Waals surface area contributed by atoms with Crippen LogP contribution in [0.4, 0.5) is 5.82 Å². The van der Waals surface area contributed by atoms with Gasteiger partial charge in [0.2, 0.25) is 11.7 Å². The molecule has 2 unspecified atom stereocenters. The minimum atomic E-state index is -0.540. The minimum Gasteiger partial charge on any atom is -0.393 e. The molecule has 2 atom stereocenters. The quantitative estimate of drug-likeness (QED) is 0.631. The molecule has 1 heterocycles. The first kappa shape index (κ1) is 17.4. The van der Waals surface area contributed by atoms with Gasteiger partial charge >= 0.3 is 5.82 Å². The number of aliphatic hydroxyl groups is 1. The number of rotatable bonds is 6. The van der Waals surface area contributed by atoms with Crippen molar-refractivity contribution in [3.63, 3.8) is 0 Å². The van der Waals surface area contributed by atoms with Gasteiger partial charge in [0.15, 0.2) is 0 Å². The van der Waals surface area contributed by atoms with Crippen LogP contribution in [-0.4, -0.2) is 50.1 Å². The standard InChI is InChI=1S/C15H24N4O4/c1-11-16-14(19(22)23)10-18(11)8-7-15(21)17(2)9-12-5-3-4-6-13(12)20/h10,12-13,20H,3-9H2,1-2H3. The number of hydrogen-bond donors (Lipinski definition) is 1. The molecule has 0 aromatic carbocycles. The third kappa shape index (κ3) is 4.51. The lowest BCUT2D eigenvalue weighted by molar-refractivity contribution is -0.389. The predicted octanol–water partition coefficient (Wildman–Crippen LogP) is 1.50. The zero-order chi connectivity index (χ0) is 17.0. The highest BCUT2D eigenvalue weighted by Gasteiger charge is 2.25. The fourth-order valence-corrected chi connectivity index (χ4v) is 3.07. The van der Waals surface area contributed by atoms with Crippen molar-refractivity contribution in [3.8, 4) is 0 Å². The van der Waals surface area contributed by atoms with Crippen molar-refractivity contribution < 1.29 is 14.8 Å². The molecule has 23 heavy (non-hydrogen) atoms. The van der Waals surface area contributed by atoms with Crippen molar-refractivity contribution >= 4 is 11.7 Å². The SMILES string of the molecule is Cc1nc([N+](=O)[O-])cn1CCC(=O)N(C)CC1CCCCC1O. The highest BCUT2D eigenvalue weighted by atomic mass is 16.6. The summed E-state index contributed by atoms with van der Waals surface area (Å²) in [4.78, 5) is 27.9. The van der Waals surface area contributed by atoms with Gasteiger partial charge < -0.3 is 24.7 Å². The van der Waals surface area contributed by atoms with Gasteiger partial charge in [-0.15, -0.1) is 0 Å². The number of imidazole rings is 1. The van der Waals surface area contributed by atoms with E-state index in [1.165, 1.54) is 6.20 Å². The Labute approximate surface area is 135 Å². The maximum atomic E-state index is 12.2. The number of hydrogen-bond acceptors (Lipinski definition) is 5. The Morgan fingerprint density at radius 1 is 1.52 bits per heavy atom. The molecule has 1 fully saturated rings. The van der Waals surface area contributed by atoms with Gasteiger partial charge in [0.25, 0.3) is 0 Å². The molecule has 0 aliphatic heterocycles. The zero-order valence-electron chi connectivity index (χ0n) is 13.6. The Kier molecular flexibility index (Phi) is 5.70. The van der Waals surface area contributed by atoms with Gasteiger partial charge in [0.1, 0.15) is 6.20 Å². The molecule has 1 amide bonds. The highest BCUT2D eigenvalue weighted by molar-refractivity contribution is 5.75. The van der Waals surface area contributed by atoms with E-state index in [0.29, 0.717) is 18.9 Å². The Bertz CT molecular complexity index is 572. The van der Waals surface area contributed by atoms with Gasteiger partial charge in [-0.25, -0.2) is 0 Å². The number of nitro groups is 1. The zero-order valence-corrected chi connectivity index (χ0v) is 13.6. The van der Waals surface area contributed by atoms with Gasteiger partial charge in [-0.05, 0) is 22.7 Å². The molecule has 0 radical (unpaired) electrons. The van der Waals surface area contributed by atoms with E-state index in [9.17, 15) is 20.0 Å². The van der Waals surface area contributed by atoms with E-state index in [0.717, 1.165) is 25.7 Å². The lowest BCUT2D eigenvalue weighted by Crippen LogP contribution is -2.38. The second-order valence-electron chi connectivity index (χ2n) is 6.23. The summed E-state index contributed by atoms with van der Waals surface area (Å²) in [7, 11) is 1.74. The second kappa shape index (κ2) is 7.54. The van der Waals surface area contributed by atoms with Crippen LogP contribution < -0.4 is 0 Å². The van der Waals surface area contributed by atoms with Crippen LogP contribution in [0.3, 0.4) is 0 Å². The largest absolute Gasteiger partial charge is 0.393 e. The third-order valence-corrected chi connectivity index (χ3v) is 4.52. The average molecular weight is 324 g/mol. The molecular weight excluding hydrogens is 300 g/mol. The van der Waals surface area contributed by atoms with E-state index in [4.69, 9.17) is 0 Å². The summed E-state index contributed by atoms with van der Waals surface area (Å²) >= 11 is 0. The molecular formula is C15H24N4O4. The highest BCUT2D eigenvalue weighted by Crippen LogP contribution is 2.25. The normalized spacial score (nSPS) is 21.2. The summed E-state index contributed by atoms with van der Waals surface area (Å²) in [5, 5.41) is 20.7. The summed E-state index contributed by atoms with van der Waals surface area (Å²) < 4.78 is 1.62. The monoisotopic (exact) mass is 324 g/mol. The van der Waals surface area contributed by atoms with Crippen LogP contribution in [0.5, 0.6) is 0 Å². The first-order valence-electron chi connectivity index (χ1n) is 7.98. The van der Waals surface area contributed by atoms with Crippen molar-refractivity contribution in [2.24, 2.45) is 5.92 Å². The van der Waals surface area contributed by atoms with E-state index < -0.39 is 4.92 Å². The molecule has 1 aliphatic rings. The average Bonchev–Trinajstić information content (AvgIpc) is 2.88. The Balaban J connectivity index is 1.85. The van der Waals surface area contributed by atoms with Gasteiger partial charge in [-0.3, -0.25) is 4.79 Å². The number of aromatic nitrogens is 2. The summed E-state index contributed by atoms with van der Waals surface area (Å²) in [6, 6.07) is 0. The van der Waals surface area contributed by atoms with Gasteiger partial charge in [-0.2, -0.15) is 0 Å². The Morgan fingerprint density at radius 2 is 2.22 bits per heavy atom. The first-order chi connectivity index (χ1) is 10.9. The predicted molar refractivity (Wildman–Crippen MR) is 83.8 cm³/mol. The van der Waals surface area contributed by atoms with Crippen molar-refractivity contribution in [1.29, 1.82) is 0 Å². The van der Waals surface area contributed by atoms with E-state index in [1.807, 2.05) is 0 Å². The number of carbonyl (C=O) groups excluding carboxylic acids is 1.